The molecule has 16 heteroatoms. The van der Waals surface area contributed by atoms with Crippen LogP contribution in [0.2, 0.25) is 0 Å². The van der Waals surface area contributed by atoms with Gasteiger partial charge in [0.25, 0.3) is 5.91 Å². The van der Waals surface area contributed by atoms with Gasteiger partial charge in [-0.15, -0.1) is 0 Å². The monoisotopic (exact) mass is 625 g/mol. The van der Waals surface area contributed by atoms with Crippen LogP contribution in [0.15, 0.2) is 22.6 Å². The Kier molecular flexibility index (Phi) is 11.3. The molecule has 1 saturated heterocycles. The highest BCUT2D eigenvalue weighted by molar-refractivity contribution is 5.94. The van der Waals surface area contributed by atoms with Gasteiger partial charge in [0.2, 0.25) is 5.89 Å². The standard InChI is InChI=1S/C28H37F2N5O9/c1-16(32-27(40)44-28(2,3)4)22-21(24(38)34-10-12-35(13-11-34)26(31)39)33-23(43-22)17-8-9-18(42-25(29)30)19(15-17)41-14-6-5-7-20(36)37/h8-9,15-16,25H,5-7,10-14H2,1-4H3,(H2,31,39)(H,32,40)(H,36,37)/t16-/m0/s1. The number of alkyl carbamates (subject to hydrolysis) is 1. The molecule has 1 atom stereocenters. The molecule has 2 heterocycles. The third-order valence-electron chi connectivity index (χ3n) is 6.31. The SMILES string of the molecule is C[C@H](NC(=O)OC(C)(C)C)c1oc(-c2ccc(OC(F)F)c(OCCCCC(=O)O)c2)nc1C(=O)N1CCN(C(N)=O)CC1. The van der Waals surface area contributed by atoms with Crippen molar-refractivity contribution in [1.82, 2.24) is 20.1 Å². The molecule has 0 saturated carbocycles. The summed E-state index contributed by atoms with van der Waals surface area (Å²) in [5.41, 5.74) is 4.69. The van der Waals surface area contributed by atoms with Crippen molar-refractivity contribution < 1.29 is 51.7 Å². The largest absolute Gasteiger partial charge is 0.490 e. The fraction of sp³-hybridized carbons (Fsp3) is 0.536. The summed E-state index contributed by atoms with van der Waals surface area (Å²) in [5, 5.41) is 11.4. The van der Waals surface area contributed by atoms with Crippen LogP contribution >= 0.6 is 0 Å². The number of amides is 4. The normalized spacial score (nSPS) is 14.2. The van der Waals surface area contributed by atoms with E-state index in [0.717, 1.165) is 0 Å². The second-order valence-corrected chi connectivity index (χ2v) is 11.0. The first-order valence-electron chi connectivity index (χ1n) is 13.9. The van der Waals surface area contributed by atoms with Crippen LogP contribution in [-0.2, 0) is 9.53 Å². The molecule has 0 unspecified atom stereocenters. The number of primary amides is 1. The highest BCUT2D eigenvalue weighted by atomic mass is 19.3. The fourth-order valence-corrected chi connectivity index (χ4v) is 4.24. The van der Waals surface area contributed by atoms with Crippen molar-refractivity contribution in [3.8, 4) is 23.0 Å². The van der Waals surface area contributed by atoms with E-state index in [1.165, 1.54) is 28.0 Å². The summed E-state index contributed by atoms with van der Waals surface area (Å²) in [6.45, 7) is 4.31. The van der Waals surface area contributed by atoms with Crippen LogP contribution in [0.25, 0.3) is 11.5 Å². The van der Waals surface area contributed by atoms with Gasteiger partial charge in [-0.3, -0.25) is 9.59 Å². The summed E-state index contributed by atoms with van der Waals surface area (Å²) in [7, 11) is 0. The van der Waals surface area contributed by atoms with Gasteiger partial charge in [0.05, 0.1) is 12.6 Å². The van der Waals surface area contributed by atoms with Crippen molar-refractivity contribution in [2.24, 2.45) is 5.73 Å². The Balaban J connectivity index is 1.94. The van der Waals surface area contributed by atoms with Crippen LogP contribution in [0, 0.1) is 0 Å². The average molecular weight is 626 g/mol. The summed E-state index contributed by atoms with van der Waals surface area (Å²) < 4.78 is 47.6. The number of halogens is 2. The molecule has 1 fully saturated rings. The Labute approximate surface area is 252 Å². The molecule has 4 N–H and O–H groups in total. The van der Waals surface area contributed by atoms with Crippen LogP contribution in [0.3, 0.4) is 0 Å². The Morgan fingerprint density at radius 3 is 2.34 bits per heavy atom. The molecule has 1 aromatic carbocycles. The topological polar surface area (TPSA) is 187 Å². The number of hydrogen-bond acceptors (Lipinski definition) is 9. The number of carboxylic acid groups (broad SMARTS) is 1. The van der Waals surface area contributed by atoms with Crippen molar-refractivity contribution in [1.29, 1.82) is 0 Å². The molecule has 1 aliphatic heterocycles. The summed E-state index contributed by atoms with van der Waals surface area (Å²) in [6.07, 6.45) is -0.190. The number of unbranched alkanes of at least 4 members (excludes halogenated alkanes) is 1. The van der Waals surface area contributed by atoms with E-state index in [1.807, 2.05) is 0 Å². The smallest absolute Gasteiger partial charge is 0.408 e. The van der Waals surface area contributed by atoms with Crippen molar-refractivity contribution >= 4 is 24.0 Å². The Bertz CT molecular complexity index is 1340. The molecule has 1 aliphatic rings. The van der Waals surface area contributed by atoms with Crippen molar-refractivity contribution in [2.75, 3.05) is 32.8 Å². The number of rotatable bonds is 12. The van der Waals surface area contributed by atoms with Crippen LogP contribution in [0.4, 0.5) is 18.4 Å². The number of carbonyl (C=O) groups is 4. The minimum Gasteiger partial charge on any atom is -0.490 e. The molecule has 44 heavy (non-hydrogen) atoms. The van der Waals surface area contributed by atoms with Crippen molar-refractivity contribution in [3.63, 3.8) is 0 Å². The maximum atomic E-state index is 13.6. The highest BCUT2D eigenvalue weighted by Crippen LogP contribution is 2.35. The lowest BCUT2D eigenvalue weighted by atomic mass is 10.1. The molecule has 0 radical (unpaired) electrons. The number of nitrogens with two attached hydrogens (primary N) is 1. The molecule has 242 valence electrons. The Hall–Kier alpha value is -4.63. The Morgan fingerprint density at radius 2 is 1.75 bits per heavy atom. The third-order valence-corrected chi connectivity index (χ3v) is 6.31. The number of ether oxygens (including phenoxy) is 3. The first-order chi connectivity index (χ1) is 20.6. The molecule has 2 aromatic rings. The maximum Gasteiger partial charge on any atom is 0.408 e. The summed E-state index contributed by atoms with van der Waals surface area (Å²) >= 11 is 0. The highest BCUT2D eigenvalue weighted by Gasteiger charge is 2.32. The molecule has 0 bridgehead atoms. The summed E-state index contributed by atoms with van der Waals surface area (Å²) in [4.78, 5) is 55.7. The number of carbonyl (C=O) groups excluding carboxylic acids is 3. The minimum absolute atomic E-state index is 0.0113. The first kappa shape index (κ1) is 33.9. The molecule has 14 nitrogen and oxygen atoms in total. The first-order valence-corrected chi connectivity index (χ1v) is 13.9. The zero-order valence-electron chi connectivity index (χ0n) is 24.9. The number of urea groups is 1. The molecular weight excluding hydrogens is 588 g/mol. The van der Waals surface area contributed by atoms with E-state index in [-0.39, 0.29) is 73.6 Å². The van der Waals surface area contributed by atoms with E-state index in [0.29, 0.717) is 12.8 Å². The predicted molar refractivity (Wildman–Crippen MR) is 150 cm³/mol. The molecule has 3 rings (SSSR count). The van der Waals surface area contributed by atoms with E-state index in [2.05, 4.69) is 15.0 Å². The lowest BCUT2D eigenvalue weighted by Crippen LogP contribution is -2.52. The van der Waals surface area contributed by atoms with Gasteiger partial charge in [-0.1, -0.05) is 0 Å². The zero-order valence-corrected chi connectivity index (χ0v) is 24.9. The fourth-order valence-electron chi connectivity index (χ4n) is 4.24. The van der Waals surface area contributed by atoms with Crippen LogP contribution < -0.4 is 20.5 Å². The molecular formula is C28H37F2N5O9. The number of oxazole rings is 1. The van der Waals surface area contributed by atoms with Gasteiger partial charge in [0, 0.05) is 38.2 Å². The van der Waals surface area contributed by atoms with E-state index in [1.54, 1.807) is 27.7 Å². The van der Waals surface area contributed by atoms with E-state index < -0.39 is 42.3 Å². The van der Waals surface area contributed by atoms with Gasteiger partial charge < -0.3 is 44.6 Å². The molecule has 0 aliphatic carbocycles. The van der Waals surface area contributed by atoms with Crippen LogP contribution in [-0.4, -0.2) is 88.9 Å². The molecule has 0 spiro atoms. The third kappa shape index (κ3) is 9.70. The van der Waals surface area contributed by atoms with E-state index in [4.69, 9.17) is 24.7 Å². The lowest BCUT2D eigenvalue weighted by molar-refractivity contribution is -0.137. The number of nitrogens with one attached hydrogen (secondary N) is 1. The van der Waals surface area contributed by atoms with Crippen molar-refractivity contribution in [2.45, 2.75) is 65.2 Å². The molecule has 1 aromatic heterocycles. The average Bonchev–Trinajstić information content (AvgIpc) is 3.37. The number of carboxylic acids is 1. The lowest BCUT2D eigenvalue weighted by Gasteiger charge is -2.33. The number of piperazine rings is 1. The number of hydrogen-bond donors (Lipinski definition) is 3. The van der Waals surface area contributed by atoms with Gasteiger partial charge in [0.1, 0.15) is 5.60 Å². The summed E-state index contributed by atoms with van der Waals surface area (Å²) in [6, 6.07) is 2.47. The van der Waals surface area contributed by atoms with Gasteiger partial charge in [-0.05, 0) is 58.7 Å². The minimum atomic E-state index is -3.14. The van der Waals surface area contributed by atoms with E-state index in [9.17, 15) is 28.0 Å². The number of alkyl halides is 2. The van der Waals surface area contributed by atoms with E-state index >= 15 is 0 Å². The zero-order chi connectivity index (χ0) is 32.6. The van der Waals surface area contributed by atoms with Crippen LogP contribution in [0.5, 0.6) is 11.5 Å². The van der Waals surface area contributed by atoms with Gasteiger partial charge >= 0.3 is 24.7 Å². The van der Waals surface area contributed by atoms with Gasteiger partial charge in [-0.2, -0.15) is 8.78 Å². The predicted octanol–water partition coefficient (Wildman–Crippen LogP) is 4.00. The maximum absolute atomic E-state index is 13.6. The van der Waals surface area contributed by atoms with Crippen molar-refractivity contribution in [3.05, 3.63) is 29.7 Å². The molecule has 4 amide bonds. The number of aromatic nitrogens is 1. The van der Waals surface area contributed by atoms with Gasteiger partial charge in [0.15, 0.2) is 23.0 Å². The number of nitrogens with zero attached hydrogens (tertiary/aromatic N) is 3. The quantitative estimate of drug-likeness (QED) is 0.291. The summed E-state index contributed by atoms with van der Waals surface area (Å²) in [5.74, 6) is -1.90. The van der Waals surface area contributed by atoms with Gasteiger partial charge in [-0.25, -0.2) is 14.6 Å². The number of aliphatic carboxylic acids is 1. The Morgan fingerprint density at radius 1 is 1.09 bits per heavy atom. The second kappa shape index (κ2) is 14.7. The number of benzene rings is 1. The second-order valence-electron chi connectivity index (χ2n) is 11.0. The van der Waals surface area contributed by atoms with Crippen LogP contribution in [0.1, 0.15) is 69.2 Å².